The van der Waals surface area contributed by atoms with Gasteiger partial charge < -0.3 is 4.74 Å². The van der Waals surface area contributed by atoms with Crippen LogP contribution in [0.3, 0.4) is 0 Å². The van der Waals surface area contributed by atoms with E-state index < -0.39 is 5.82 Å². The fourth-order valence-corrected chi connectivity index (χ4v) is 1.58. The molecular weight excluding hydrogens is 255 g/mol. The van der Waals surface area contributed by atoms with Crippen LogP contribution in [0.5, 0.6) is 5.75 Å². The van der Waals surface area contributed by atoms with Crippen LogP contribution in [0.15, 0.2) is 36.5 Å². The maximum absolute atomic E-state index is 13.5. The predicted octanol–water partition coefficient (Wildman–Crippen LogP) is 3.32. The molecule has 1 aromatic carbocycles. The maximum atomic E-state index is 13.5. The monoisotopic (exact) mass is 262 g/mol. The Bertz CT molecular complexity index is 610. The molecule has 0 bridgehead atoms. The number of nitrogens with zero attached hydrogens (tertiary/aromatic N) is 2. The molecule has 0 fully saturated rings. The average molecular weight is 263 g/mol. The Morgan fingerprint density at radius 3 is 2.83 bits per heavy atom. The number of nitriles is 1. The summed E-state index contributed by atoms with van der Waals surface area (Å²) in [6.07, 6.45) is 1.55. The molecule has 0 aliphatic rings. The minimum Gasteiger partial charge on any atom is -0.486 e. The van der Waals surface area contributed by atoms with E-state index in [1.165, 1.54) is 12.1 Å². The maximum Gasteiger partial charge on any atom is 0.166 e. The highest BCUT2D eigenvalue weighted by atomic mass is 35.5. The molecule has 0 saturated carbocycles. The SMILES string of the molecule is N#Cc1ccc(OCc2ccnc(Cl)c2)c(F)c1. The molecule has 90 valence electrons. The van der Waals surface area contributed by atoms with E-state index in [1.807, 2.05) is 6.07 Å². The molecular formula is C13H8ClFN2O. The van der Waals surface area contributed by atoms with Crippen LogP contribution in [0, 0.1) is 17.1 Å². The zero-order valence-corrected chi connectivity index (χ0v) is 9.99. The van der Waals surface area contributed by atoms with Crippen molar-refractivity contribution in [1.29, 1.82) is 5.26 Å². The van der Waals surface area contributed by atoms with Crippen LogP contribution in [0.4, 0.5) is 4.39 Å². The summed E-state index contributed by atoms with van der Waals surface area (Å²) < 4.78 is 18.8. The number of hydrogen-bond acceptors (Lipinski definition) is 3. The van der Waals surface area contributed by atoms with Gasteiger partial charge in [0.25, 0.3) is 0 Å². The summed E-state index contributed by atoms with van der Waals surface area (Å²) in [5, 5.41) is 8.97. The summed E-state index contributed by atoms with van der Waals surface area (Å²) in [5.41, 5.74) is 1.05. The van der Waals surface area contributed by atoms with Gasteiger partial charge in [-0.05, 0) is 35.9 Å². The van der Waals surface area contributed by atoms with Crippen molar-refractivity contribution in [1.82, 2.24) is 4.98 Å². The van der Waals surface area contributed by atoms with Crippen molar-refractivity contribution < 1.29 is 9.13 Å². The van der Waals surface area contributed by atoms with Crippen LogP contribution in [0.2, 0.25) is 5.15 Å². The quantitative estimate of drug-likeness (QED) is 0.797. The molecule has 0 N–H and O–H groups in total. The Labute approximate surface area is 108 Å². The summed E-state index contributed by atoms with van der Waals surface area (Å²) in [7, 11) is 0. The molecule has 1 aromatic heterocycles. The smallest absolute Gasteiger partial charge is 0.166 e. The van der Waals surface area contributed by atoms with Gasteiger partial charge in [-0.3, -0.25) is 0 Å². The second-order valence-corrected chi connectivity index (χ2v) is 3.92. The molecule has 0 aliphatic carbocycles. The summed E-state index contributed by atoms with van der Waals surface area (Å²) in [4.78, 5) is 3.83. The van der Waals surface area contributed by atoms with Crippen LogP contribution < -0.4 is 4.74 Å². The normalized spacial score (nSPS) is 9.83. The van der Waals surface area contributed by atoms with Gasteiger partial charge >= 0.3 is 0 Å². The Morgan fingerprint density at radius 1 is 1.33 bits per heavy atom. The summed E-state index contributed by atoms with van der Waals surface area (Å²) >= 11 is 5.72. The molecule has 18 heavy (non-hydrogen) atoms. The molecule has 0 atom stereocenters. The van der Waals surface area contributed by atoms with E-state index in [9.17, 15) is 4.39 Å². The van der Waals surface area contributed by atoms with E-state index in [0.29, 0.717) is 5.15 Å². The van der Waals surface area contributed by atoms with E-state index in [-0.39, 0.29) is 17.9 Å². The standard InChI is InChI=1S/C13H8ClFN2O/c14-13-6-10(3-4-17-13)8-18-12-2-1-9(7-16)5-11(12)15/h1-6H,8H2. The lowest BCUT2D eigenvalue weighted by Gasteiger charge is -2.07. The van der Waals surface area contributed by atoms with E-state index in [1.54, 1.807) is 18.3 Å². The van der Waals surface area contributed by atoms with E-state index in [0.717, 1.165) is 11.6 Å². The molecule has 0 unspecified atom stereocenters. The van der Waals surface area contributed by atoms with Crippen LogP contribution >= 0.6 is 11.6 Å². The average Bonchev–Trinajstić information content (AvgIpc) is 2.37. The van der Waals surface area contributed by atoms with Crippen molar-refractivity contribution in [3.63, 3.8) is 0 Å². The van der Waals surface area contributed by atoms with Gasteiger partial charge in [-0.1, -0.05) is 11.6 Å². The first kappa shape index (κ1) is 12.3. The van der Waals surface area contributed by atoms with Crippen molar-refractivity contribution in [2.75, 3.05) is 0 Å². The van der Waals surface area contributed by atoms with Gasteiger partial charge in [0.15, 0.2) is 11.6 Å². The van der Waals surface area contributed by atoms with Crippen LogP contribution in [0.1, 0.15) is 11.1 Å². The fourth-order valence-electron chi connectivity index (χ4n) is 1.38. The van der Waals surface area contributed by atoms with Gasteiger partial charge in [0.05, 0.1) is 11.6 Å². The third-order valence-electron chi connectivity index (χ3n) is 2.25. The molecule has 0 spiro atoms. The van der Waals surface area contributed by atoms with Crippen molar-refractivity contribution in [3.8, 4) is 11.8 Å². The summed E-state index contributed by atoms with van der Waals surface area (Å²) in [6, 6.07) is 9.29. The van der Waals surface area contributed by atoms with Gasteiger partial charge in [0, 0.05) is 6.20 Å². The van der Waals surface area contributed by atoms with Crippen molar-refractivity contribution in [2.45, 2.75) is 6.61 Å². The minimum atomic E-state index is -0.561. The van der Waals surface area contributed by atoms with Gasteiger partial charge in [-0.2, -0.15) is 5.26 Å². The molecule has 3 nitrogen and oxygen atoms in total. The van der Waals surface area contributed by atoms with Crippen LogP contribution in [0.25, 0.3) is 0 Å². The highest BCUT2D eigenvalue weighted by molar-refractivity contribution is 6.29. The zero-order valence-electron chi connectivity index (χ0n) is 9.23. The number of rotatable bonds is 3. The largest absolute Gasteiger partial charge is 0.486 e. The van der Waals surface area contributed by atoms with Gasteiger partial charge in [0.2, 0.25) is 0 Å². The first-order valence-corrected chi connectivity index (χ1v) is 5.50. The Kier molecular flexibility index (Phi) is 3.75. The Balaban J connectivity index is 2.09. The minimum absolute atomic E-state index is 0.0990. The van der Waals surface area contributed by atoms with Gasteiger partial charge in [-0.15, -0.1) is 0 Å². The third-order valence-corrected chi connectivity index (χ3v) is 2.45. The number of pyridine rings is 1. The van der Waals surface area contributed by atoms with Crippen molar-refractivity contribution >= 4 is 11.6 Å². The van der Waals surface area contributed by atoms with Crippen molar-refractivity contribution in [2.24, 2.45) is 0 Å². The first-order chi connectivity index (χ1) is 8.69. The second kappa shape index (κ2) is 5.48. The fraction of sp³-hybridized carbons (Fsp3) is 0.0769. The number of benzene rings is 1. The lowest BCUT2D eigenvalue weighted by molar-refractivity contribution is 0.290. The molecule has 0 aliphatic heterocycles. The summed E-state index contributed by atoms with van der Waals surface area (Å²) in [6.45, 7) is 0.186. The van der Waals surface area contributed by atoms with Crippen LogP contribution in [-0.4, -0.2) is 4.98 Å². The number of aromatic nitrogens is 1. The lowest BCUT2D eigenvalue weighted by atomic mass is 10.2. The van der Waals surface area contributed by atoms with Gasteiger partial charge in [0.1, 0.15) is 11.8 Å². The lowest BCUT2D eigenvalue weighted by Crippen LogP contribution is -1.98. The number of hydrogen-bond donors (Lipinski definition) is 0. The van der Waals surface area contributed by atoms with E-state index in [4.69, 9.17) is 21.6 Å². The first-order valence-electron chi connectivity index (χ1n) is 5.12. The zero-order chi connectivity index (χ0) is 13.0. The molecule has 5 heteroatoms. The van der Waals surface area contributed by atoms with Crippen molar-refractivity contribution in [3.05, 3.63) is 58.6 Å². The molecule has 1 heterocycles. The van der Waals surface area contributed by atoms with Crippen LogP contribution in [-0.2, 0) is 6.61 Å². The molecule has 0 saturated heterocycles. The molecule has 2 rings (SSSR count). The Hall–Kier alpha value is -2.12. The topological polar surface area (TPSA) is 45.9 Å². The molecule has 0 radical (unpaired) electrons. The Morgan fingerprint density at radius 2 is 2.17 bits per heavy atom. The highest BCUT2D eigenvalue weighted by Gasteiger charge is 2.05. The van der Waals surface area contributed by atoms with E-state index >= 15 is 0 Å². The second-order valence-electron chi connectivity index (χ2n) is 3.53. The summed E-state index contributed by atoms with van der Waals surface area (Å²) in [5.74, 6) is -0.462. The number of ether oxygens (including phenoxy) is 1. The van der Waals surface area contributed by atoms with Gasteiger partial charge in [-0.25, -0.2) is 9.37 Å². The molecule has 2 aromatic rings. The highest BCUT2D eigenvalue weighted by Crippen LogP contribution is 2.19. The third kappa shape index (κ3) is 2.96. The molecule has 0 amide bonds. The predicted molar refractivity (Wildman–Crippen MR) is 64.7 cm³/mol. The van der Waals surface area contributed by atoms with E-state index in [2.05, 4.69) is 4.98 Å². The number of halogens is 2.